The second kappa shape index (κ2) is 7.92. The fourth-order valence-corrected chi connectivity index (χ4v) is 4.67. The third-order valence-corrected chi connectivity index (χ3v) is 6.50. The number of halogens is 1. The van der Waals surface area contributed by atoms with Gasteiger partial charge in [-0.05, 0) is 68.4 Å². The van der Waals surface area contributed by atoms with E-state index in [4.69, 9.17) is 11.6 Å². The SMILES string of the molecule is Cc1ccc(C2=C(N3CCCC(C)C3)C(=O)N(c3ccc(C)c(Cl)c3)C2=O)c(C)c1. The van der Waals surface area contributed by atoms with Crippen LogP contribution in [0.5, 0.6) is 0 Å². The van der Waals surface area contributed by atoms with E-state index in [-0.39, 0.29) is 11.8 Å². The number of likely N-dealkylation sites (tertiary alicyclic amines) is 1. The summed E-state index contributed by atoms with van der Waals surface area (Å²) in [4.78, 5) is 30.7. The molecule has 2 aliphatic heterocycles. The van der Waals surface area contributed by atoms with Gasteiger partial charge in [0.2, 0.25) is 0 Å². The number of carbonyl (C=O) groups excluding carboxylic acids is 2. The first-order valence-electron chi connectivity index (χ1n) is 10.5. The van der Waals surface area contributed by atoms with Gasteiger partial charge >= 0.3 is 0 Å². The molecule has 0 aromatic heterocycles. The van der Waals surface area contributed by atoms with Crippen LogP contribution < -0.4 is 4.90 Å². The summed E-state index contributed by atoms with van der Waals surface area (Å²) in [5, 5.41) is 0.543. The largest absolute Gasteiger partial charge is 0.366 e. The third-order valence-electron chi connectivity index (χ3n) is 6.10. The van der Waals surface area contributed by atoms with Crippen molar-refractivity contribution in [3.05, 3.63) is 69.4 Å². The van der Waals surface area contributed by atoms with Crippen molar-refractivity contribution >= 4 is 34.7 Å². The maximum atomic E-state index is 13.7. The highest BCUT2D eigenvalue weighted by Crippen LogP contribution is 2.38. The van der Waals surface area contributed by atoms with E-state index < -0.39 is 0 Å². The highest BCUT2D eigenvalue weighted by Gasteiger charge is 2.43. The fraction of sp³-hybridized carbons (Fsp3) is 0.360. The summed E-state index contributed by atoms with van der Waals surface area (Å²) in [6.07, 6.45) is 2.16. The Morgan fingerprint density at radius 2 is 1.73 bits per heavy atom. The molecule has 156 valence electrons. The highest BCUT2D eigenvalue weighted by molar-refractivity contribution is 6.45. The Bertz CT molecular complexity index is 1070. The predicted molar refractivity (Wildman–Crippen MR) is 121 cm³/mol. The van der Waals surface area contributed by atoms with E-state index in [1.807, 2.05) is 39.0 Å². The summed E-state index contributed by atoms with van der Waals surface area (Å²) in [5.74, 6) is -0.0542. The number of imide groups is 1. The molecular formula is C25H27ClN2O2. The number of hydrogen-bond donors (Lipinski definition) is 0. The second-order valence-corrected chi connectivity index (χ2v) is 9.02. The Balaban J connectivity index is 1.87. The Morgan fingerprint density at radius 1 is 0.967 bits per heavy atom. The molecule has 2 amide bonds. The molecule has 4 nitrogen and oxygen atoms in total. The Labute approximate surface area is 183 Å². The van der Waals surface area contributed by atoms with Crippen molar-refractivity contribution in [2.45, 2.75) is 40.5 Å². The summed E-state index contributed by atoms with van der Waals surface area (Å²) >= 11 is 6.31. The van der Waals surface area contributed by atoms with Gasteiger partial charge in [-0.25, -0.2) is 4.90 Å². The summed E-state index contributed by atoms with van der Waals surface area (Å²) in [6, 6.07) is 11.4. The molecule has 1 unspecified atom stereocenters. The van der Waals surface area contributed by atoms with E-state index in [1.54, 1.807) is 12.1 Å². The average molecular weight is 423 g/mol. The van der Waals surface area contributed by atoms with Crippen LogP contribution in [-0.4, -0.2) is 29.8 Å². The molecule has 2 aromatic rings. The van der Waals surface area contributed by atoms with Gasteiger partial charge < -0.3 is 4.90 Å². The number of anilines is 1. The lowest BCUT2D eigenvalue weighted by atomic mass is 9.95. The van der Waals surface area contributed by atoms with Gasteiger partial charge in [0.05, 0.1) is 11.3 Å². The first-order chi connectivity index (χ1) is 14.3. The zero-order valence-electron chi connectivity index (χ0n) is 18.0. The highest BCUT2D eigenvalue weighted by atomic mass is 35.5. The van der Waals surface area contributed by atoms with E-state index in [0.717, 1.165) is 48.2 Å². The van der Waals surface area contributed by atoms with Crippen molar-refractivity contribution in [2.24, 2.45) is 5.92 Å². The van der Waals surface area contributed by atoms with Gasteiger partial charge in [-0.15, -0.1) is 0 Å². The van der Waals surface area contributed by atoms with Crippen molar-refractivity contribution < 1.29 is 9.59 Å². The summed E-state index contributed by atoms with van der Waals surface area (Å²) < 4.78 is 0. The quantitative estimate of drug-likeness (QED) is 0.631. The fourth-order valence-electron chi connectivity index (χ4n) is 4.50. The number of hydrogen-bond acceptors (Lipinski definition) is 3. The minimum Gasteiger partial charge on any atom is -0.366 e. The van der Waals surface area contributed by atoms with Gasteiger partial charge in [-0.3, -0.25) is 9.59 Å². The molecule has 0 N–H and O–H groups in total. The second-order valence-electron chi connectivity index (χ2n) is 8.61. The van der Waals surface area contributed by atoms with Crippen molar-refractivity contribution in [2.75, 3.05) is 18.0 Å². The molecule has 0 saturated carbocycles. The number of carbonyl (C=O) groups is 2. The van der Waals surface area contributed by atoms with Crippen LogP contribution in [0.1, 0.15) is 42.0 Å². The van der Waals surface area contributed by atoms with E-state index in [9.17, 15) is 9.59 Å². The normalized spacial score (nSPS) is 19.8. The van der Waals surface area contributed by atoms with Gasteiger partial charge in [-0.1, -0.05) is 48.4 Å². The molecule has 1 atom stereocenters. The van der Waals surface area contributed by atoms with Crippen molar-refractivity contribution in [1.29, 1.82) is 0 Å². The summed E-state index contributed by atoms with van der Waals surface area (Å²) in [6.45, 7) is 9.69. The van der Waals surface area contributed by atoms with Crippen LogP contribution in [0, 0.1) is 26.7 Å². The molecule has 2 aromatic carbocycles. The zero-order chi connectivity index (χ0) is 21.6. The number of benzene rings is 2. The van der Waals surface area contributed by atoms with Crippen molar-refractivity contribution in [3.63, 3.8) is 0 Å². The minimum atomic E-state index is -0.278. The number of rotatable bonds is 3. The molecule has 30 heavy (non-hydrogen) atoms. The van der Waals surface area contributed by atoms with Crippen molar-refractivity contribution in [1.82, 2.24) is 4.90 Å². The van der Waals surface area contributed by atoms with Gasteiger partial charge in [-0.2, -0.15) is 0 Å². The molecule has 2 aliphatic rings. The molecule has 0 spiro atoms. The number of aryl methyl sites for hydroxylation is 3. The topological polar surface area (TPSA) is 40.6 Å². The van der Waals surface area contributed by atoms with E-state index >= 15 is 0 Å². The Hall–Kier alpha value is -2.59. The van der Waals surface area contributed by atoms with Gasteiger partial charge in [0.1, 0.15) is 5.70 Å². The van der Waals surface area contributed by atoms with Crippen LogP contribution in [0.3, 0.4) is 0 Å². The standard InChI is InChI=1S/C25H27ClN2O2/c1-15-7-10-20(18(4)12-15)22-23(27-11-5-6-16(2)14-27)25(30)28(24(22)29)19-9-8-17(3)21(26)13-19/h7-10,12-13,16H,5-6,11,14H2,1-4H3. The molecular weight excluding hydrogens is 396 g/mol. The molecule has 5 heteroatoms. The van der Waals surface area contributed by atoms with Crippen LogP contribution in [0.25, 0.3) is 5.57 Å². The minimum absolute atomic E-state index is 0.260. The first kappa shape index (κ1) is 20.7. The Morgan fingerprint density at radius 3 is 2.40 bits per heavy atom. The molecule has 1 fully saturated rings. The monoisotopic (exact) mass is 422 g/mol. The number of nitrogens with zero attached hydrogens (tertiary/aromatic N) is 2. The lowest BCUT2D eigenvalue weighted by Gasteiger charge is -2.33. The average Bonchev–Trinajstić information content (AvgIpc) is 2.94. The van der Waals surface area contributed by atoms with Gasteiger partial charge in [0.25, 0.3) is 11.8 Å². The van der Waals surface area contributed by atoms with Crippen LogP contribution in [0.15, 0.2) is 42.1 Å². The number of piperidine rings is 1. The van der Waals surface area contributed by atoms with Crippen molar-refractivity contribution in [3.8, 4) is 0 Å². The molecule has 0 radical (unpaired) electrons. The van der Waals surface area contributed by atoms with Crippen LogP contribution >= 0.6 is 11.6 Å². The summed E-state index contributed by atoms with van der Waals surface area (Å²) in [7, 11) is 0. The van der Waals surface area contributed by atoms with Crippen LogP contribution in [0.4, 0.5) is 5.69 Å². The number of amides is 2. The van der Waals surface area contributed by atoms with E-state index in [1.165, 1.54) is 4.90 Å². The lowest BCUT2D eigenvalue weighted by Crippen LogP contribution is -2.39. The predicted octanol–water partition coefficient (Wildman–Crippen LogP) is 5.28. The van der Waals surface area contributed by atoms with Crippen LogP contribution in [-0.2, 0) is 9.59 Å². The van der Waals surface area contributed by atoms with Gasteiger partial charge in [0, 0.05) is 18.1 Å². The first-order valence-corrected chi connectivity index (χ1v) is 10.9. The Kier molecular flexibility index (Phi) is 5.46. The molecule has 4 rings (SSSR count). The van der Waals surface area contributed by atoms with E-state index in [0.29, 0.717) is 27.9 Å². The molecule has 2 heterocycles. The summed E-state index contributed by atoms with van der Waals surface area (Å²) in [5.41, 5.74) is 5.41. The molecule has 0 aliphatic carbocycles. The van der Waals surface area contributed by atoms with Crippen LogP contribution in [0.2, 0.25) is 5.02 Å². The zero-order valence-corrected chi connectivity index (χ0v) is 18.7. The maximum absolute atomic E-state index is 13.7. The van der Waals surface area contributed by atoms with Gasteiger partial charge in [0.15, 0.2) is 0 Å². The smallest absolute Gasteiger partial charge is 0.282 e. The lowest BCUT2D eigenvalue weighted by molar-refractivity contribution is -0.120. The molecule has 0 bridgehead atoms. The maximum Gasteiger partial charge on any atom is 0.282 e. The third kappa shape index (κ3) is 3.54. The molecule has 1 saturated heterocycles. The van der Waals surface area contributed by atoms with E-state index in [2.05, 4.69) is 17.9 Å².